The second-order valence-electron chi connectivity index (χ2n) is 7.12. The Kier molecular flexibility index (Phi) is 16.3. The Morgan fingerprint density at radius 1 is 0.455 bits per heavy atom. The molecule has 0 bridgehead atoms. The maximum atomic E-state index is 13.1. The lowest BCUT2D eigenvalue weighted by Crippen LogP contribution is -2.01. The van der Waals surface area contributed by atoms with E-state index in [2.05, 4.69) is 20.8 Å². The molecule has 0 aliphatic carbocycles. The van der Waals surface area contributed by atoms with Gasteiger partial charge < -0.3 is 4.57 Å². The molecule has 0 fully saturated rings. The van der Waals surface area contributed by atoms with E-state index in [0.29, 0.717) is 0 Å². The van der Waals surface area contributed by atoms with Gasteiger partial charge in [0.1, 0.15) is 0 Å². The molecule has 0 rings (SSSR count). The third kappa shape index (κ3) is 13.9. The number of rotatable bonds is 17. The van der Waals surface area contributed by atoms with Crippen LogP contribution in [0.3, 0.4) is 0 Å². The highest BCUT2D eigenvalue weighted by molar-refractivity contribution is 7.63. The highest BCUT2D eigenvalue weighted by atomic mass is 31.2. The lowest BCUT2D eigenvalue weighted by molar-refractivity contribution is 0.559. The molecule has 0 saturated heterocycles. The molecule has 1 nitrogen and oxygen atoms in total. The second kappa shape index (κ2) is 16.1. The van der Waals surface area contributed by atoms with E-state index in [4.69, 9.17) is 0 Å². The van der Waals surface area contributed by atoms with Crippen LogP contribution in [0.2, 0.25) is 0 Å². The third-order valence-corrected chi connectivity index (χ3v) is 8.15. The standard InChI is InChI=1S/C20H43OP/c1-4-7-10-12-14-16-19-22(21,18-9-6-3)20-17-15-13-11-8-5-2/h4-20H2,1-3H3. The Hall–Kier alpha value is 0.230. The van der Waals surface area contributed by atoms with Crippen molar-refractivity contribution in [3.05, 3.63) is 0 Å². The predicted molar refractivity (Wildman–Crippen MR) is 104 cm³/mol. The summed E-state index contributed by atoms with van der Waals surface area (Å²) in [6.07, 6.45) is 21.3. The van der Waals surface area contributed by atoms with Crippen molar-refractivity contribution in [3.8, 4) is 0 Å². The van der Waals surface area contributed by atoms with Crippen LogP contribution in [0.1, 0.15) is 111 Å². The fraction of sp³-hybridized carbons (Fsp3) is 1.00. The van der Waals surface area contributed by atoms with E-state index < -0.39 is 7.14 Å². The van der Waals surface area contributed by atoms with Crippen molar-refractivity contribution in [2.75, 3.05) is 18.5 Å². The Morgan fingerprint density at radius 3 is 1.18 bits per heavy atom. The Balaban J connectivity index is 3.87. The van der Waals surface area contributed by atoms with Crippen LogP contribution < -0.4 is 0 Å². The first kappa shape index (κ1) is 22.2. The molecule has 0 unspecified atom stereocenters. The van der Waals surface area contributed by atoms with Gasteiger partial charge in [-0.25, -0.2) is 0 Å². The molecule has 0 heterocycles. The van der Waals surface area contributed by atoms with Crippen LogP contribution in [0, 0.1) is 0 Å². The summed E-state index contributed by atoms with van der Waals surface area (Å²) in [6, 6.07) is 0. The van der Waals surface area contributed by atoms with Crippen molar-refractivity contribution >= 4 is 7.14 Å². The van der Waals surface area contributed by atoms with Crippen molar-refractivity contribution in [2.45, 2.75) is 111 Å². The first-order valence-electron chi connectivity index (χ1n) is 10.3. The molecule has 0 aliphatic rings. The molecule has 0 N–H and O–H groups in total. The lowest BCUT2D eigenvalue weighted by Gasteiger charge is -2.18. The molecule has 0 saturated carbocycles. The molecule has 0 aromatic heterocycles. The molecule has 0 radical (unpaired) electrons. The van der Waals surface area contributed by atoms with Crippen LogP contribution in [-0.4, -0.2) is 18.5 Å². The quantitative estimate of drug-likeness (QED) is 0.196. The molecule has 0 aromatic rings. The summed E-state index contributed by atoms with van der Waals surface area (Å²) in [5.74, 6) is 0. The third-order valence-electron chi connectivity index (χ3n) is 4.76. The van der Waals surface area contributed by atoms with Gasteiger partial charge in [-0.3, -0.25) is 0 Å². The summed E-state index contributed by atoms with van der Waals surface area (Å²) in [4.78, 5) is 0. The first-order valence-corrected chi connectivity index (χ1v) is 12.5. The molecule has 0 aliphatic heterocycles. The van der Waals surface area contributed by atoms with Crippen molar-refractivity contribution < 1.29 is 4.57 Å². The van der Waals surface area contributed by atoms with E-state index in [0.717, 1.165) is 18.5 Å². The molecule has 0 atom stereocenters. The highest BCUT2D eigenvalue weighted by Gasteiger charge is 2.20. The smallest absolute Gasteiger partial charge is 0.0877 e. The molecular weight excluding hydrogens is 287 g/mol. The van der Waals surface area contributed by atoms with E-state index in [1.807, 2.05) is 0 Å². The minimum atomic E-state index is -1.85. The van der Waals surface area contributed by atoms with Crippen molar-refractivity contribution in [1.29, 1.82) is 0 Å². The van der Waals surface area contributed by atoms with Crippen LogP contribution >= 0.6 is 7.14 Å². The molecule has 2 heteroatoms. The molecule has 134 valence electrons. The molecule has 0 spiro atoms. The van der Waals surface area contributed by atoms with Gasteiger partial charge in [0, 0.05) is 18.5 Å². The number of hydrogen-bond donors (Lipinski definition) is 0. The minimum absolute atomic E-state index is 1.02. The van der Waals surface area contributed by atoms with Gasteiger partial charge >= 0.3 is 0 Å². The lowest BCUT2D eigenvalue weighted by atomic mass is 10.1. The van der Waals surface area contributed by atoms with Gasteiger partial charge in [0.05, 0.1) is 7.14 Å². The van der Waals surface area contributed by atoms with E-state index in [9.17, 15) is 4.57 Å². The largest absolute Gasteiger partial charge is 0.324 e. The topological polar surface area (TPSA) is 17.1 Å². The molecule has 0 aromatic carbocycles. The second-order valence-corrected chi connectivity index (χ2v) is 10.6. The van der Waals surface area contributed by atoms with Crippen LogP contribution in [0.15, 0.2) is 0 Å². The monoisotopic (exact) mass is 330 g/mol. The summed E-state index contributed by atoms with van der Waals surface area (Å²) in [6.45, 7) is 6.75. The van der Waals surface area contributed by atoms with E-state index >= 15 is 0 Å². The number of hydrogen-bond acceptors (Lipinski definition) is 1. The Morgan fingerprint density at radius 2 is 0.773 bits per heavy atom. The van der Waals surface area contributed by atoms with E-state index in [1.165, 1.54) is 89.9 Å². The zero-order valence-electron chi connectivity index (χ0n) is 15.9. The maximum absolute atomic E-state index is 13.1. The molecule has 22 heavy (non-hydrogen) atoms. The summed E-state index contributed by atoms with van der Waals surface area (Å²) < 4.78 is 13.1. The summed E-state index contributed by atoms with van der Waals surface area (Å²) in [5, 5.41) is 0. The van der Waals surface area contributed by atoms with Gasteiger partial charge in [-0.2, -0.15) is 0 Å². The fourth-order valence-corrected chi connectivity index (χ4v) is 6.31. The van der Waals surface area contributed by atoms with Crippen molar-refractivity contribution in [2.24, 2.45) is 0 Å². The Labute approximate surface area is 141 Å². The average molecular weight is 331 g/mol. The summed E-state index contributed by atoms with van der Waals surface area (Å²) in [5.41, 5.74) is 0. The SMILES string of the molecule is CCCCCCCCP(=O)(CCCC)CCCCCCCC. The maximum Gasteiger partial charge on any atom is 0.0877 e. The van der Waals surface area contributed by atoms with Gasteiger partial charge in [0.25, 0.3) is 0 Å². The van der Waals surface area contributed by atoms with Crippen LogP contribution in [-0.2, 0) is 4.57 Å². The summed E-state index contributed by atoms with van der Waals surface area (Å²) in [7, 11) is -1.85. The van der Waals surface area contributed by atoms with Gasteiger partial charge in [0.2, 0.25) is 0 Å². The average Bonchev–Trinajstić information content (AvgIpc) is 2.52. The van der Waals surface area contributed by atoms with Crippen molar-refractivity contribution in [1.82, 2.24) is 0 Å². The Bertz CT molecular complexity index is 242. The minimum Gasteiger partial charge on any atom is -0.324 e. The molecule has 0 amide bonds. The zero-order chi connectivity index (χ0) is 16.5. The van der Waals surface area contributed by atoms with Crippen LogP contribution in [0.4, 0.5) is 0 Å². The van der Waals surface area contributed by atoms with Crippen molar-refractivity contribution in [3.63, 3.8) is 0 Å². The number of unbranched alkanes of at least 4 members (excludes halogenated alkanes) is 11. The first-order chi connectivity index (χ1) is 10.7. The molecular formula is C20H43OP. The zero-order valence-corrected chi connectivity index (χ0v) is 16.8. The van der Waals surface area contributed by atoms with E-state index in [-0.39, 0.29) is 0 Å². The van der Waals surface area contributed by atoms with Crippen LogP contribution in [0.5, 0.6) is 0 Å². The predicted octanol–water partition coefficient (Wildman–Crippen LogP) is 7.87. The normalized spacial score (nSPS) is 12.0. The van der Waals surface area contributed by atoms with Gasteiger partial charge in [-0.15, -0.1) is 0 Å². The summed E-state index contributed by atoms with van der Waals surface area (Å²) >= 11 is 0. The van der Waals surface area contributed by atoms with Crippen LogP contribution in [0.25, 0.3) is 0 Å². The van der Waals surface area contributed by atoms with Gasteiger partial charge in [-0.1, -0.05) is 91.4 Å². The van der Waals surface area contributed by atoms with Gasteiger partial charge in [0.15, 0.2) is 0 Å². The fourth-order valence-electron chi connectivity index (χ4n) is 3.14. The highest BCUT2D eigenvalue weighted by Crippen LogP contribution is 2.48. The van der Waals surface area contributed by atoms with E-state index in [1.54, 1.807) is 0 Å². The van der Waals surface area contributed by atoms with Gasteiger partial charge in [-0.05, 0) is 19.3 Å².